The molecule has 0 aliphatic carbocycles. The molecule has 0 aliphatic heterocycles. The van der Waals surface area contributed by atoms with E-state index in [9.17, 15) is 0 Å². The zero-order chi connectivity index (χ0) is 21.6. The molecule has 0 heterocycles. The van der Waals surface area contributed by atoms with Crippen LogP contribution in [-0.2, 0) is 0 Å². The molecule has 0 amide bonds. The lowest BCUT2D eigenvalue weighted by Gasteiger charge is -2.20. The molecule has 0 saturated heterocycles. The Bertz CT molecular complexity index is 292. The number of hydrogen-bond donors (Lipinski definition) is 0. The van der Waals surface area contributed by atoms with Crippen LogP contribution in [0.2, 0.25) is 0 Å². The lowest BCUT2D eigenvalue weighted by atomic mass is 9.86. The molecule has 0 heteroatoms. The summed E-state index contributed by atoms with van der Waals surface area (Å²) in [5.74, 6) is 2.67. The highest BCUT2D eigenvalue weighted by Gasteiger charge is 2.11. The molecule has 0 spiro atoms. The van der Waals surface area contributed by atoms with E-state index in [0.717, 1.165) is 17.8 Å². The second-order valence-electron chi connectivity index (χ2n) is 10.7. The summed E-state index contributed by atoms with van der Waals surface area (Å²) in [5, 5.41) is 0. The molecule has 176 valence electrons. The van der Waals surface area contributed by atoms with Gasteiger partial charge in [0, 0.05) is 0 Å². The first-order valence-corrected chi connectivity index (χ1v) is 14.1. The van der Waals surface area contributed by atoms with Gasteiger partial charge >= 0.3 is 0 Å². The van der Waals surface area contributed by atoms with Gasteiger partial charge in [0.25, 0.3) is 0 Å². The molecule has 0 nitrogen and oxygen atoms in total. The van der Waals surface area contributed by atoms with Crippen molar-refractivity contribution in [2.75, 3.05) is 0 Å². The van der Waals surface area contributed by atoms with Crippen molar-refractivity contribution >= 4 is 0 Å². The Morgan fingerprint density at radius 2 is 0.724 bits per heavy atom. The summed E-state index contributed by atoms with van der Waals surface area (Å²) >= 11 is 0. The van der Waals surface area contributed by atoms with Gasteiger partial charge in [-0.2, -0.15) is 0 Å². The zero-order valence-corrected chi connectivity index (χ0v) is 21.6. The molecular formula is C29H60. The fourth-order valence-electron chi connectivity index (χ4n) is 4.60. The zero-order valence-electron chi connectivity index (χ0n) is 21.6. The Morgan fingerprint density at radius 1 is 0.414 bits per heavy atom. The highest BCUT2D eigenvalue weighted by molar-refractivity contribution is 4.63. The number of unbranched alkanes of at least 4 members (excludes halogenated alkanes) is 18. The quantitative estimate of drug-likeness (QED) is 0.147. The highest BCUT2D eigenvalue weighted by Crippen LogP contribution is 2.23. The first-order valence-electron chi connectivity index (χ1n) is 14.1. The topological polar surface area (TPSA) is 0 Å². The normalized spacial score (nSPS) is 13.9. The molecule has 0 fully saturated rings. The van der Waals surface area contributed by atoms with Crippen molar-refractivity contribution < 1.29 is 0 Å². The predicted molar refractivity (Wildman–Crippen MR) is 136 cm³/mol. The Morgan fingerprint density at radius 3 is 1.03 bits per heavy atom. The molecule has 0 N–H and O–H groups in total. The minimum Gasteiger partial charge on any atom is -0.0654 e. The molecule has 0 aliphatic rings. The largest absolute Gasteiger partial charge is 0.0654 e. The monoisotopic (exact) mass is 408 g/mol. The smallest absolute Gasteiger partial charge is 0.0417 e. The standard InChI is InChI=1S/C29H60/c1-6-7-8-9-10-11-12-13-14-15-16-17-18-19-20-21-22-23-24-25-28(4)26-29(5)27(2)3/h27-29H,6-26H2,1-5H3. The van der Waals surface area contributed by atoms with Crippen molar-refractivity contribution in [2.45, 2.75) is 169 Å². The Kier molecular flexibility index (Phi) is 22.7. The van der Waals surface area contributed by atoms with Gasteiger partial charge in [0.05, 0.1) is 0 Å². The van der Waals surface area contributed by atoms with Gasteiger partial charge in [-0.3, -0.25) is 0 Å². The summed E-state index contributed by atoms with van der Waals surface area (Å²) < 4.78 is 0. The summed E-state index contributed by atoms with van der Waals surface area (Å²) in [6.45, 7) is 11.9. The van der Waals surface area contributed by atoms with Gasteiger partial charge in [-0.15, -0.1) is 0 Å². The minimum absolute atomic E-state index is 0.850. The van der Waals surface area contributed by atoms with Crippen LogP contribution in [0.4, 0.5) is 0 Å². The molecule has 2 atom stereocenters. The fourth-order valence-corrected chi connectivity index (χ4v) is 4.60. The average Bonchev–Trinajstić information content (AvgIpc) is 2.69. The van der Waals surface area contributed by atoms with Crippen molar-refractivity contribution in [1.82, 2.24) is 0 Å². The van der Waals surface area contributed by atoms with E-state index in [1.807, 2.05) is 0 Å². The first kappa shape index (κ1) is 29.0. The maximum absolute atomic E-state index is 2.47. The third-order valence-electron chi connectivity index (χ3n) is 7.21. The molecule has 29 heavy (non-hydrogen) atoms. The van der Waals surface area contributed by atoms with E-state index in [0.29, 0.717) is 0 Å². The average molecular weight is 409 g/mol. The second-order valence-corrected chi connectivity index (χ2v) is 10.7. The second kappa shape index (κ2) is 22.7. The van der Waals surface area contributed by atoms with Crippen LogP contribution in [0.3, 0.4) is 0 Å². The third kappa shape index (κ3) is 22.5. The van der Waals surface area contributed by atoms with Gasteiger partial charge in [0.15, 0.2) is 0 Å². The summed E-state index contributed by atoms with van der Waals surface area (Å²) in [6, 6.07) is 0. The van der Waals surface area contributed by atoms with Crippen LogP contribution in [0.15, 0.2) is 0 Å². The third-order valence-corrected chi connectivity index (χ3v) is 7.21. The maximum Gasteiger partial charge on any atom is -0.0417 e. The van der Waals surface area contributed by atoms with Crippen LogP contribution in [0.1, 0.15) is 169 Å². The first-order chi connectivity index (χ1) is 14.1. The van der Waals surface area contributed by atoms with Crippen molar-refractivity contribution in [2.24, 2.45) is 17.8 Å². The van der Waals surface area contributed by atoms with Crippen molar-refractivity contribution in [3.63, 3.8) is 0 Å². The molecule has 0 aromatic rings. The summed E-state index contributed by atoms with van der Waals surface area (Å²) in [6.07, 6.45) is 30.9. The van der Waals surface area contributed by atoms with Crippen LogP contribution in [-0.4, -0.2) is 0 Å². The van der Waals surface area contributed by atoms with Crippen LogP contribution in [0, 0.1) is 17.8 Å². The molecule has 0 bridgehead atoms. The van der Waals surface area contributed by atoms with Crippen LogP contribution < -0.4 is 0 Å². The van der Waals surface area contributed by atoms with Gasteiger partial charge in [0.1, 0.15) is 0 Å². The molecule has 2 unspecified atom stereocenters. The molecule has 0 aromatic carbocycles. The summed E-state index contributed by atoms with van der Waals surface area (Å²) in [4.78, 5) is 0. The minimum atomic E-state index is 0.850. The van der Waals surface area contributed by atoms with Crippen molar-refractivity contribution in [3.05, 3.63) is 0 Å². The van der Waals surface area contributed by atoms with Gasteiger partial charge in [-0.1, -0.05) is 163 Å². The number of rotatable bonds is 23. The fraction of sp³-hybridized carbons (Fsp3) is 1.00. The molecule has 0 aromatic heterocycles. The summed E-state index contributed by atoms with van der Waals surface area (Å²) in [5.41, 5.74) is 0. The van der Waals surface area contributed by atoms with Gasteiger partial charge in [0.2, 0.25) is 0 Å². The number of hydrogen-bond acceptors (Lipinski definition) is 0. The lowest BCUT2D eigenvalue weighted by molar-refractivity contribution is 0.315. The van der Waals surface area contributed by atoms with Gasteiger partial charge in [-0.05, 0) is 24.2 Å². The van der Waals surface area contributed by atoms with Crippen molar-refractivity contribution in [1.29, 1.82) is 0 Å². The van der Waals surface area contributed by atoms with E-state index < -0.39 is 0 Å². The Balaban J connectivity index is 3.13. The van der Waals surface area contributed by atoms with Gasteiger partial charge < -0.3 is 0 Å². The Hall–Kier alpha value is 0. The van der Waals surface area contributed by atoms with E-state index in [-0.39, 0.29) is 0 Å². The van der Waals surface area contributed by atoms with Crippen molar-refractivity contribution in [3.8, 4) is 0 Å². The van der Waals surface area contributed by atoms with E-state index in [1.165, 1.54) is 135 Å². The van der Waals surface area contributed by atoms with E-state index >= 15 is 0 Å². The Labute approximate surface area is 187 Å². The molecular weight excluding hydrogens is 348 g/mol. The van der Waals surface area contributed by atoms with Crippen LogP contribution in [0.5, 0.6) is 0 Å². The van der Waals surface area contributed by atoms with Gasteiger partial charge in [-0.25, -0.2) is 0 Å². The van der Waals surface area contributed by atoms with Crippen LogP contribution in [0.25, 0.3) is 0 Å². The maximum atomic E-state index is 2.47. The van der Waals surface area contributed by atoms with E-state index in [4.69, 9.17) is 0 Å². The molecule has 0 rings (SSSR count). The van der Waals surface area contributed by atoms with E-state index in [1.54, 1.807) is 0 Å². The molecule has 0 radical (unpaired) electrons. The molecule has 0 saturated carbocycles. The van der Waals surface area contributed by atoms with E-state index in [2.05, 4.69) is 34.6 Å². The van der Waals surface area contributed by atoms with Crippen LogP contribution >= 0.6 is 0 Å². The highest BCUT2D eigenvalue weighted by atomic mass is 14.2. The predicted octanol–water partition coefficient (Wildman–Crippen LogP) is 11.1. The lowest BCUT2D eigenvalue weighted by Crippen LogP contribution is -2.09. The summed E-state index contributed by atoms with van der Waals surface area (Å²) in [7, 11) is 0. The SMILES string of the molecule is CCCCCCCCCCCCCCCCCCCCCC(C)CC(C)C(C)C.